The van der Waals surface area contributed by atoms with Crippen molar-refractivity contribution in [3.63, 3.8) is 0 Å². The third kappa shape index (κ3) is 3.98. The molecule has 10 heteroatoms. The molecule has 0 spiro atoms. The first-order valence-electron chi connectivity index (χ1n) is 13.7. The fraction of sp³-hybridized carbons (Fsp3) is 0.467. The summed E-state index contributed by atoms with van der Waals surface area (Å²) in [6.07, 6.45) is 1.07. The van der Waals surface area contributed by atoms with Crippen LogP contribution >= 0.6 is 0 Å². The molecule has 0 unspecified atom stereocenters. The van der Waals surface area contributed by atoms with Crippen molar-refractivity contribution >= 4 is 17.7 Å². The van der Waals surface area contributed by atoms with Crippen LogP contribution in [0.3, 0.4) is 0 Å². The lowest BCUT2D eigenvalue weighted by Gasteiger charge is -2.34. The predicted molar refractivity (Wildman–Crippen MR) is 139 cm³/mol. The Kier molecular flexibility index (Phi) is 6.37. The molecule has 3 amide bonds. The van der Waals surface area contributed by atoms with Gasteiger partial charge >= 0.3 is 0 Å². The number of nitrogens with zero attached hydrogens (tertiary/aromatic N) is 2. The van der Waals surface area contributed by atoms with Crippen molar-refractivity contribution in [2.24, 2.45) is 17.8 Å². The highest BCUT2D eigenvalue weighted by atomic mass is 19.3. The summed E-state index contributed by atoms with van der Waals surface area (Å²) in [7, 11) is 0. The maximum atomic E-state index is 15.0. The summed E-state index contributed by atoms with van der Waals surface area (Å²) in [5, 5.41) is 27.3. The Labute approximate surface area is 230 Å². The topological polar surface area (TPSA) is 123 Å². The number of alkyl halides is 2. The Bertz CT molecular complexity index is 1380. The normalized spacial score (nSPS) is 28.1. The second-order valence-corrected chi connectivity index (χ2v) is 11.3. The Balaban J connectivity index is 1.33. The number of amides is 3. The highest BCUT2D eigenvalue weighted by Gasteiger charge is 2.63. The van der Waals surface area contributed by atoms with E-state index in [0.717, 1.165) is 11.3 Å². The zero-order valence-electron chi connectivity index (χ0n) is 21.8. The number of rotatable bonds is 5. The Hall–Kier alpha value is -3.84. The number of carbonyl (C=O) groups is 3. The number of fused-ring (bicyclic) bond motifs is 4. The summed E-state index contributed by atoms with van der Waals surface area (Å²) in [4.78, 5) is 41.4. The monoisotopic (exact) mass is 548 g/mol. The molecule has 5 atom stereocenters. The van der Waals surface area contributed by atoms with Gasteiger partial charge in [-0.05, 0) is 42.7 Å². The van der Waals surface area contributed by atoms with Crippen LogP contribution in [0.25, 0.3) is 11.1 Å². The predicted octanol–water partition coefficient (Wildman–Crippen LogP) is 2.70. The lowest BCUT2D eigenvalue weighted by Crippen LogP contribution is -2.56. The number of likely N-dealkylation sites (tertiary alicyclic amines) is 1. The maximum Gasteiger partial charge on any atom is 0.264 e. The zero-order valence-corrected chi connectivity index (χ0v) is 21.8. The Morgan fingerprint density at radius 2 is 1.77 bits per heavy atom. The van der Waals surface area contributed by atoms with E-state index in [9.17, 15) is 33.5 Å². The minimum atomic E-state index is -3.07. The number of halogens is 2. The third-order valence-electron chi connectivity index (χ3n) is 9.16. The van der Waals surface area contributed by atoms with E-state index in [1.54, 1.807) is 48.5 Å². The van der Waals surface area contributed by atoms with Gasteiger partial charge in [0.05, 0.1) is 6.07 Å². The molecule has 2 aromatic rings. The first kappa shape index (κ1) is 26.4. The molecule has 2 aliphatic heterocycles. The Morgan fingerprint density at radius 3 is 2.40 bits per heavy atom. The number of nitrogens with one attached hydrogen (secondary N) is 2. The van der Waals surface area contributed by atoms with Crippen molar-refractivity contribution in [2.45, 2.75) is 55.7 Å². The number of nitriles is 1. The van der Waals surface area contributed by atoms with Crippen LogP contribution in [0.15, 0.2) is 48.5 Å². The van der Waals surface area contributed by atoms with Crippen LogP contribution in [-0.2, 0) is 20.0 Å². The van der Waals surface area contributed by atoms with Gasteiger partial charge in [0.25, 0.3) is 11.8 Å². The number of carbonyl (C=O) groups excluding carboxylic acids is 3. The van der Waals surface area contributed by atoms with Crippen LogP contribution in [0.4, 0.5) is 8.78 Å². The third-order valence-corrected chi connectivity index (χ3v) is 9.16. The lowest BCUT2D eigenvalue weighted by molar-refractivity contribution is -0.153. The highest BCUT2D eigenvalue weighted by Crippen LogP contribution is 2.54. The number of hydrogen-bond donors (Lipinski definition) is 3. The molecule has 1 saturated carbocycles. The lowest BCUT2D eigenvalue weighted by atomic mass is 9.88. The van der Waals surface area contributed by atoms with Crippen LogP contribution in [0.5, 0.6) is 0 Å². The molecule has 40 heavy (non-hydrogen) atoms. The summed E-state index contributed by atoms with van der Waals surface area (Å²) < 4.78 is 30.0. The summed E-state index contributed by atoms with van der Waals surface area (Å²) in [6.45, 7) is 0.175. The fourth-order valence-electron chi connectivity index (χ4n) is 7.20. The standard InChI is InChI=1S/C30H30F2N4O4/c31-29(32)12-11-21-24(29)16-36(25(21)27(38)35-18(15-33)14-17-6-5-13-34-26(17)37)28(39)30(40)22-9-3-1-7-19(22)20-8-2-4-10-23(20)30/h1-4,7-10,17-18,21,24-25,40H,5-6,11-14,16H2,(H,34,37)(H,35,38)/t17-,18-,21-,24-,25+/m0/s1. The molecule has 2 aromatic carbocycles. The quantitative estimate of drug-likeness (QED) is 0.531. The van der Waals surface area contributed by atoms with Gasteiger partial charge < -0.3 is 20.6 Å². The van der Waals surface area contributed by atoms with E-state index in [4.69, 9.17) is 0 Å². The molecule has 0 radical (unpaired) electrons. The minimum Gasteiger partial charge on any atom is -0.372 e. The number of aliphatic hydroxyl groups is 1. The van der Waals surface area contributed by atoms with E-state index in [1.807, 2.05) is 6.07 Å². The molecule has 4 aliphatic rings. The minimum absolute atomic E-state index is 0.0351. The van der Waals surface area contributed by atoms with E-state index in [0.29, 0.717) is 35.2 Å². The number of benzene rings is 2. The molecule has 6 rings (SSSR count). The van der Waals surface area contributed by atoms with E-state index < -0.39 is 59.6 Å². The van der Waals surface area contributed by atoms with Gasteiger partial charge in [-0.1, -0.05) is 48.5 Å². The molecule has 2 saturated heterocycles. The Morgan fingerprint density at radius 1 is 1.12 bits per heavy atom. The van der Waals surface area contributed by atoms with Crippen LogP contribution in [0.2, 0.25) is 0 Å². The molecule has 3 N–H and O–H groups in total. The molecule has 208 valence electrons. The zero-order chi connectivity index (χ0) is 28.2. The van der Waals surface area contributed by atoms with Crippen molar-refractivity contribution in [1.82, 2.24) is 15.5 Å². The van der Waals surface area contributed by atoms with E-state index in [1.165, 1.54) is 0 Å². The molecular weight excluding hydrogens is 518 g/mol. The first-order valence-corrected chi connectivity index (χ1v) is 13.7. The molecule has 0 bridgehead atoms. The van der Waals surface area contributed by atoms with E-state index in [-0.39, 0.29) is 25.3 Å². The average Bonchev–Trinajstić information content (AvgIpc) is 3.58. The van der Waals surface area contributed by atoms with Gasteiger partial charge in [0.2, 0.25) is 11.8 Å². The van der Waals surface area contributed by atoms with Crippen LogP contribution < -0.4 is 10.6 Å². The maximum absolute atomic E-state index is 15.0. The summed E-state index contributed by atoms with van der Waals surface area (Å²) >= 11 is 0. The summed E-state index contributed by atoms with van der Waals surface area (Å²) in [5.41, 5.74) is -0.163. The van der Waals surface area contributed by atoms with Gasteiger partial charge in [-0.15, -0.1) is 0 Å². The van der Waals surface area contributed by atoms with Gasteiger partial charge in [-0.2, -0.15) is 5.26 Å². The highest BCUT2D eigenvalue weighted by molar-refractivity contribution is 6.01. The average molecular weight is 549 g/mol. The number of hydrogen-bond acceptors (Lipinski definition) is 5. The van der Waals surface area contributed by atoms with Gasteiger partial charge in [0.15, 0.2) is 5.60 Å². The van der Waals surface area contributed by atoms with Gasteiger partial charge in [-0.3, -0.25) is 14.4 Å². The van der Waals surface area contributed by atoms with Crippen LogP contribution in [0.1, 0.15) is 43.2 Å². The van der Waals surface area contributed by atoms with E-state index in [2.05, 4.69) is 10.6 Å². The molecule has 8 nitrogen and oxygen atoms in total. The number of piperidine rings is 1. The summed E-state index contributed by atoms with van der Waals surface area (Å²) in [6, 6.07) is 13.5. The first-order chi connectivity index (χ1) is 19.2. The van der Waals surface area contributed by atoms with Crippen molar-refractivity contribution in [3.05, 3.63) is 59.7 Å². The molecular formula is C30H30F2N4O4. The second-order valence-electron chi connectivity index (χ2n) is 11.3. The molecule has 2 heterocycles. The molecule has 2 aliphatic carbocycles. The van der Waals surface area contributed by atoms with Gasteiger partial charge in [0.1, 0.15) is 12.1 Å². The van der Waals surface area contributed by atoms with Crippen LogP contribution in [0, 0.1) is 29.1 Å². The van der Waals surface area contributed by atoms with Crippen molar-refractivity contribution in [3.8, 4) is 17.2 Å². The van der Waals surface area contributed by atoms with Crippen molar-refractivity contribution in [1.29, 1.82) is 5.26 Å². The van der Waals surface area contributed by atoms with Crippen LogP contribution in [-0.4, -0.2) is 58.8 Å². The summed E-state index contributed by atoms with van der Waals surface area (Å²) in [5.74, 6) is -7.33. The molecule has 0 aromatic heterocycles. The largest absolute Gasteiger partial charge is 0.372 e. The van der Waals surface area contributed by atoms with Crippen molar-refractivity contribution in [2.75, 3.05) is 13.1 Å². The fourth-order valence-corrected chi connectivity index (χ4v) is 7.20. The van der Waals surface area contributed by atoms with Crippen molar-refractivity contribution < 1.29 is 28.3 Å². The van der Waals surface area contributed by atoms with Gasteiger partial charge in [-0.25, -0.2) is 8.78 Å². The van der Waals surface area contributed by atoms with Gasteiger partial charge in [0, 0.05) is 42.5 Å². The second kappa shape index (κ2) is 9.66. The molecule has 3 fully saturated rings. The van der Waals surface area contributed by atoms with E-state index >= 15 is 0 Å². The SMILES string of the molecule is N#C[C@H](C[C@@H]1CCCNC1=O)NC(=O)[C@H]1[C@H]2CCC(F)(F)[C@H]2CN1C(=O)C1(O)c2ccccc2-c2ccccc21. The smallest absolute Gasteiger partial charge is 0.264 e.